The Labute approximate surface area is 63.2 Å². The third kappa shape index (κ3) is 1.19. The number of carbonyl (C=O) groups excluding carboxylic acids is 1. The number of aliphatic hydroxyl groups is 1. The molecule has 5 nitrogen and oxygen atoms in total. The Morgan fingerprint density at radius 2 is 2.27 bits per heavy atom. The van der Waals surface area contributed by atoms with Crippen LogP contribution in [0.5, 0.6) is 0 Å². The van der Waals surface area contributed by atoms with Crippen LogP contribution in [0.3, 0.4) is 0 Å². The molecule has 1 heterocycles. The predicted octanol–water partition coefficient (Wildman–Crippen LogP) is -1.34. The van der Waals surface area contributed by atoms with Gasteiger partial charge in [0.2, 0.25) is 0 Å². The Kier molecular flexibility index (Phi) is 1.82. The van der Waals surface area contributed by atoms with Crippen LogP contribution in [0.2, 0.25) is 0 Å². The molecule has 0 aromatic rings. The summed E-state index contributed by atoms with van der Waals surface area (Å²) in [6.07, 6.45) is -1.15. The third-order valence-corrected chi connectivity index (χ3v) is 1.83. The van der Waals surface area contributed by atoms with Crippen LogP contribution in [-0.4, -0.2) is 46.2 Å². The fourth-order valence-corrected chi connectivity index (χ4v) is 1.13. The zero-order valence-corrected chi connectivity index (χ0v) is 6.02. The fraction of sp³-hybridized carbons (Fsp3) is 0.667. The lowest BCUT2D eigenvalue weighted by Gasteiger charge is -2.13. The standard InChI is InChI=1S/C6H9NO4/c1-7-3(6(10)11)2-4(8)5(7)9/h3-4,8H,2H2,1H3,(H,10,11). The number of aliphatic hydroxyl groups excluding tert-OH is 1. The number of carbonyl (C=O) groups is 2. The Bertz CT molecular complexity index is 203. The highest BCUT2D eigenvalue weighted by Crippen LogP contribution is 2.16. The maximum atomic E-state index is 10.8. The van der Waals surface area contributed by atoms with Gasteiger partial charge in [-0.15, -0.1) is 0 Å². The van der Waals surface area contributed by atoms with Crippen LogP contribution in [0.15, 0.2) is 0 Å². The first-order valence-corrected chi connectivity index (χ1v) is 3.21. The Balaban J connectivity index is 2.75. The predicted molar refractivity (Wildman–Crippen MR) is 34.8 cm³/mol. The van der Waals surface area contributed by atoms with Crippen molar-refractivity contribution in [3.05, 3.63) is 0 Å². The molecule has 1 fully saturated rings. The van der Waals surface area contributed by atoms with Gasteiger partial charge in [0, 0.05) is 13.5 Å². The maximum absolute atomic E-state index is 10.8. The number of likely N-dealkylation sites (tertiary alicyclic amines) is 1. The van der Waals surface area contributed by atoms with E-state index in [1.165, 1.54) is 7.05 Å². The Morgan fingerprint density at radius 1 is 1.73 bits per heavy atom. The number of likely N-dealkylation sites (N-methyl/N-ethyl adjacent to an activating group) is 1. The molecule has 62 valence electrons. The molecule has 1 aliphatic rings. The van der Waals surface area contributed by atoms with Crippen LogP contribution in [0.1, 0.15) is 6.42 Å². The number of rotatable bonds is 1. The molecule has 0 aromatic heterocycles. The first-order valence-electron chi connectivity index (χ1n) is 3.21. The number of nitrogens with zero attached hydrogens (tertiary/aromatic N) is 1. The monoisotopic (exact) mass is 159 g/mol. The van der Waals surface area contributed by atoms with Crippen LogP contribution >= 0.6 is 0 Å². The SMILES string of the molecule is CN1C(=O)C(O)CC1C(=O)O. The van der Waals surface area contributed by atoms with Crippen molar-refractivity contribution in [3.8, 4) is 0 Å². The van der Waals surface area contributed by atoms with E-state index in [0.29, 0.717) is 0 Å². The molecular weight excluding hydrogens is 150 g/mol. The van der Waals surface area contributed by atoms with E-state index in [1.54, 1.807) is 0 Å². The number of carboxylic acid groups (broad SMARTS) is 1. The normalized spacial score (nSPS) is 31.1. The number of amides is 1. The van der Waals surface area contributed by atoms with E-state index in [1.807, 2.05) is 0 Å². The summed E-state index contributed by atoms with van der Waals surface area (Å²) in [5.74, 6) is -1.59. The molecule has 5 heteroatoms. The Hall–Kier alpha value is -1.10. The van der Waals surface area contributed by atoms with E-state index in [-0.39, 0.29) is 6.42 Å². The van der Waals surface area contributed by atoms with Gasteiger partial charge in [0.05, 0.1) is 0 Å². The Morgan fingerprint density at radius 3 is 2.45 bits per heavy atom. The summed E-state index contributed by atoms with van der Waals surface area (Å²) in [4.78, 5) is 22.3. The van der Waals surface area contributed by atoms with E-state index in [0.717, 1.165) is 4.90 Å². The lowest BCUT2D eigenvalue weighted by Crippen LogP contribution is -2.35. The zero-order chi connectivity index (χ0) is 8.59. The van der Waals surface area contributed by atoms with Gasteiger partial charge in [-0.2, -0.15) is 0 Å². The fourth-order valence-electron chi connectivity index (χ4n) is 1.13. The van der Waals surface area contributed by atoms with Crippen molar-refractivity contribution < 1.29 is 19.8 Å². The summed E-state index contributed by atoms with van der Waals surface area (Å²) in [6.45, 7) is 0. The van der Waals surface area contributed by atoms with Gasteiger partial charge >= 0.3 is 5.97 Å². The highest BCUT2D eigenvalue weighted by Gasteiger charge is 2.39. The molecule has 0 aliphatic carbocycles. The molecule has 0 aromatic carbocycles. The first kappa shape index (κ1) is 8.00. The van der Waals surface area contributed by atoms with Gasteiger partial charge in [-0.3, -0.25) is 4.79 Å². The van der Waals surface area contributed by atoms with Gasteiger partial charge < -0.3 is 15.1 Å². The lowest BCUT2D eigenvalue weighted by atomic mass is 10.2. The molecule has 1 saturated heterocycles. The quantitative estimate of drug-likeness (QED) is 0.496. The minimum atomic E-state index is -1.14. The second-order valence-corrected chi connectivity index (χ2v) is 2.55. The van der Waals surface area contributed by atoms with Crippen molar-refractivity contribution in [2.45, 2.75) is 18.6 Å². The van der Waals surface area contributed by atoms with Crippen molar-refractivity contribution in [1.29, 1.82) is 0 Å². The largest absolute Gasteiger partial charge is 0.480 e. The summed E-state index contributed by atoms with van der Waals surface area (Å²) < 4.78 is 0. The molecule has 0 saturated carbocycles. The van der Waals surface area contributed by atoms with Gasteiger partial charge in [0.25, 0.3) is 5.91 Å². The number of aliphatic carboxylic acids is 1. The van der Waals surface area contributed by atoms with Crippen molar-refractivity contribution in [1.82, 2.24) is 4.90 Å². The summed E-state index contributed by atoms with van der Waals surface area (Å²) in [7, 11) is 1.37. The topological polar surface area (TPSA) is 77.8 Å². The smallest absolute Gasteiger partial charge is 0.326 e. The highest BCUT2D eigenvalue weighted by atomic mass is 16.4. The average molecular weight is 159 g/mol. The molecule has 1 rings (SSSR count). The molecule has 0 radical (unpaired) electrons. The van der Waals surface area contributed by atoms with Crippen LogP contribution < -0.4 is 0 Å². The lowest BCUT2D eigenvalue weighted by molar-refractivity contribution is -0.145. The average Bonchev–Trinajstić information content (AvgIpc) is 2.17. The molecule has 0 spiro atoms. The summed E-state index contributed by atoms with van der Waals surface area (Å²) in [6, 6.07) is -0.863. The molecule has 2 N–H and O–H groups in total. The molecule has 2 unspecified atom stereocenters. The number of hydrogen-bond donors (Lipinski definition) is 2. The van der Waals surface area contributed by atoms with Gasteiger partial charge in [-0.05, 0) is 0 Å². The van der Waals surface area contributed by atoms with E-state index in [4.69, 9.17) is 10.2 Å². The number of hydrogen-bond acceptors (Lipinski definition) is 3. The van der Waals surface area contributed by atoms with Gasteiger partial charge in [-0.1, -0.05) is 0 Å². The minimum Gasteiger partial charge on any atom is -0.480 e. The number of carboxylic acids is 1. The summed E-state index contributed by atoms with van der Waals surface area (Å²) in [5.41, 5.74) is 0. The van der Waals surface area contributed by atoms with Crippen molar-refractivity contribution >= 4 is 11.9 Å². The van der Waals surface area contributed by atoms with Crippen molar-refractivity contribution in [3.63, 3.8) is 0 Å². The van der Waals surface area contributed by atoms with Crippen LogP contribution in [-0.2, 0) is 9.59 Å². The van der Waals surface area contributed by atoms with E-state index < -0.39 is 24.0 Å². The third-order valence-electron chi connectivity index (χ3n) is 1.83. The zero-order valence-electron chi connectivity index (χ0n) is 6.02. The maximum Gasteiger partial charge on any atom is 0.326 e. The van der Waals surface area contributed by atoms with Gasteiger partial charge in [-0.25, -0.2) is 4.79 Å². The van der Waals surface area contributed by atoms with Gasteiger partial charge in [0.15, 0.2) is 0 Å². The molecular formula is C6H9NO4. The highest BCUT2D eigenvalue weighted by molar-refractivity contribution is 5.90. The van der Waals surface area contributed by atoms with Crippen LogP contribution in [0, 0.1) is 0 Å². The van der Waals surface area contributed by atoms with Crippen LogP contribution in [0.4, 0.5) is 0 Å². The van der Waals surface area contributed by atoms with E-state index >= 15 is 0 Å². The van der Waals surface area contributed by atoms with E-state index in [2.05, 4.69) is 0 Å². The van der Waals surface area contributed by atoms with Crippen molar-refractivity contribution in [2.75, 3.05) is 7.05 Å². The summed E-state index contributed by atoms with van der Waals surface area (Å²) >= 11 is 0. The molecule has 2 atom stereocenters. The van der Waals surface area contributed by atoms with Gasteiger partial charge in [0.1, 0.15) is 12.1 Å². The first-order chi connectivity index (χ1) is 5.04. The summed E-state index contributed by atoms with van der Waals surface area (Å²) in [5, 5.41) is 17.4. The molecule has 0 bridgehead atoms. The minimum absolute atomic E-state index is 0.00926. The van der Waals surface area contributed by atoms with E-state index in [9.17, 15) is 9.59 Å². The molecule has 1 aliphatic heterocycles. The second-order valence-electron chi connectivity index (χ2n) is 2.55. The van der Waals surface area contributed by atoms with Crippen molar-refractivity contribution in [2.24, 2.45) is 0 Å². The molecule has 1 amide bonds. The van der Waals surface area contributed by atoms with Crippen LogP contribution in [0.25, 0.3) is 0 Å². The second kappa shape index (κ2) is 2.50. The molecule has 11 heavy (non-hydrogen) atoms.